The Balaban J connectivity index is 1.57. The van der Waals surface area contributed by atoms with E-state index in [2.05, 4.69) is 33.5 Å². The number of β-amino-alcohol motifs (C(OH)–C–C–N with tert-alkyl or cyclic N) is 1. The summed E-state index contributed by atoms with van der Waals surface area (Å²) in [6, 6.07) is 6.16. The third kappa shape index (κ3) is 4.68. The van der Waals surface area contributed by atoms with Crippen molar-refractivity contribution in [3.63, 3.8) is 0 Å². The molecule has 4 rings (SSSR count). The standard InChI is InChI=1S/C25H34BrN3O6/c1-3-5-6-11-27-23(32)21-25-14-17(26)20(35-25)18(19(25)24(33)29(21)12-13-30)22(31)28-15-7-9-16(10-8-15)34-4-2/h7-10,17-21,30H,3-6,11-14H2,1-2H3,(H,27,32)(H,28,31)/t17?,18-,19-,20-,21?,25?/m0/s1. The third-order valence-corrected chi connectivity index (χ3v) is 8.04. The van der Waals surface area contributed by atoms with E-state index in [9.17, 15) is 19.5 Å². The van der Waals surface area contributed by atoms with Gasteiger partial charge in [0.05, 0.1) is 31.2 Å². The van der Waals surface area contributed by atoms with Crippen molar-refractivity contribution in [1.82, 2.24) is 10.2 Å². The van der Waals surface area contributed by atoms with Gasteiger partial charge in [0.25, 0.3) is 0 Å². The SMILES string of the molecule is CCCCCNC(=O)C1N(CCO)C(=O)[C@@H]2[C@H](C(=O)Nc3ccc(OCC)cc3)[C@H]3OC12CC3Br. The molecule has 3 heterocycles. The Labute approximate surface area is 214 Å². The van der Waals surface area contributed by atoms with Crippen LogP contribution in [0.2, 0.25) is 0 Å². The minimum absolute atomic E-state index is 0.0122. The lowest BCUT2D eigenvalue weighted by atomic mass is 9.70. The lowest BCUT2D eigenvalue weighted by molar-refractivity contribution is -0.141. The molecule has 6 atom stereocenters. The molecular formula is C25H34BrN3O6. The minimum atomic E-state index is -1.11. The lowest BCUT2D eigenvalue weighted by Crippen LogP contribution is -2.56. The Morgan fingerprint density at radius 2 is 1.97 bits per heavy atom. The zero-order valence-corrected chi connectivity index (χ0v) is 21.8. The summed E-state index contributed by atoms with van der Waals surface area (Å²) < 4.78 is 11.8. The number of nitrogens with zero attached hydrogens (tertiary/aromatic N) is 1. The van der Waals surface area contributed by atoms with Gasteiger partial charge in [-0.15, -0.1) is 0 Å². The highest BCUT2D eigenvalue weighted by Gasteiger charge is 2.76. The van der Waals surface area contributed by atoms with Crippen LogP contribution in [0.1, 0.15) is 39.5 Å². The zero-order valence-electron chi connectivity index (χ0n) is 20.2. The van der Waals surface area contributed by atoms with Gasteiger partial charge >= 0.3 is 0 Å². The number of carbonyl (C=O) groups excluding carboxylic acids is 3. The van der Waals surface area contributed by atoms with Gasteiger partial charge in [0.15, 0.2) is 0 Å². The highest BCUT2D eigenvalue weighted by Crippen LogP contribution is 2.60. The number of benzene rings is 1. The summed E-state index contributed by atoms with van der Waals surface area (Å²) in [6.45, 7) is 4.77. The van der Waals surface area contributed by atoms with Crippen LogP contribution in [0.15, 0.2) is 24.3 Å². The van der Waals surface area contributed by atoms with Gasteiger partial charge in [0.2, 0.25) is 17.7 Å². The smallest absolute Gasteiger partial charge is 0.245 e. The molecule has 3 N–H and O–H groups in total. The Hall–Kier alpha value is -2.17. The van der Waals surface area contributed by atoms with Crippen LogP contribution < -0.4 is 15.4 Å². The topological polar surface area (TPSA) is 117 Å². The normalized spacial score (nSPS) is 30.9. The second kappa shape index (κ2) is 10.8. The van der Waals surface area contributed by atoms with Crippen molar-refractivity contribution in [3.8, 4) is 5.75 Å². The number of amides is 3. The number of anilines is 1. The number of ether oxygens (including phenoxy) is 2. The molecule has 3 unspecified atom stereocenters. The fraction of sp³-hybridized carbons (Fsp3) is 0.640. The molecule has 3 fully saturated rings. The number of fused-ring (bicyclic) bond motifs is 1. The van der Waals surface area contributed by atoms with Crippen molar-refractivity contribution in [2.75, 3.05) is 31.6 Å². The van der Waals surface area contributed by atoms with Crippen LogP contribution in [-0.4, -0.2) is 76.6 Å². The summed E-state index contributed by atoms with van der Waals surface area (Å²) in [5, 5.41) is 15.5. The summed E-state index contributed by atoms with van der Waals surface area (Å²) in [4.78, 5) is 41.6. The van der Waals surface area contributed by atoms with Gasteiger partial charge in [-0.3, -0.25) is 14.4 Å². The summed E-state index contributed by atoms with van der Waals surface area (Å²) in [5.41, 5.74) is -0.523. The third-order valence-electron chi connectivity index (χ3n) is 7.19. The highest BCUT2D eigenvalue weighted by atomic mass is 79.9. The first-order chi connectivity index (χ1) is 16.9. The molecule has 10 heteroatoms. The fourth-order valence-corrected chi connectivity index (χ4v) is 6.73. The van der Waals surface area contributed by atoms with E-state index in [1.807, 2.05) is 6.92 Å². The van der Waals surface area contributed by atoms with Gasteiger partial charge in [-0.2, -0.15) is 0 Å². The molecule has 0 aliphatic carbocycles. The second-order valence-corrected chi connectivity index (χ2v) is 10.5. The number of carbonyl (C=O) groups is 3. The van der Waals surface area contributed by atoms with Crippen molar-refractivity contribution in [1.29, 1.82) is 0 Å². The van der Waals surface area contributed by atoms with E-state index in [1.165, 1.54) is 4.90 Å². The van der Waals surface area contributed by atoms with Crippen LogP contribution in [0.3, 0.4) is 0 Å². The van der Waals surface area contributed by atoms with Crippen molar-refractivity contribution >= 4 is 39.3 Å². The van der Waals surface area contributed by atoms with E-state index in [4.69, 9.17) is 9.47 Å². The zero-order chi connectivity index (χ0) is 25.2. The van der Waals surface area contributed by atoms with E-state index < -0.39 is 29.6 Å². The number of rotatable bonds is 11. The first-order valence-electron chi connectivity index (χ1n) is 12.4. The number of aliphatic hydroxyl groups excluding tert-OH is 1. The summed E-state index contributed by atoms with van der Waals surface area (Å²) in [5.74, 6) is -1.78. The maximum Gasteiger partial charge on any atom is 0.245 e. The molecule has 0 aromatic heterocycles. The average molecular weight is 552 g/mol. The Kier molecular flexibility index (Phi) is 8.02. The Bertz CT molecular complexity index is 944. The van der Waals surface area contributed by atoms with E-state index >= 15 is 0 Å². The molecule has 1 aromatic rings. The average Bonchev–Trinajstić information content (AvgIpc) is 3.42. The van der Waals surface area contributed by atoms with Crippen LogP contribution in [0.5, 0.6) is 5.75 Å². The molecule has 3 amide bonds. The molecule has 1 spiro atoms. The predicted octanol–water partition coefficient (Wildman–Crippen LogP) is 2.07. The maximum absolute atomic E-state index is 13.6. The number of nitrogens with one attached hydrogen (secondary N) is 2. The van der Waals surface area contributed by atoms with E-state index in [1.54, 1.807) is 24.3 Å². The summed E-state index contributed by atoms with van der Waals surface area (Å²) in [7, 11) is 0. The number of alkyl halides is 1. The molecule has 0 radical (unpaired) electrons. The Morgan fingerprint density at radius 3 is 2.63 bits per heavy atom. The van der Waals surface area contributed by atoms with Gasteiger partial charge in [-0.1, -0.05) is 35.7 Å². The number of halogens is 1. The molecule has 3 aliphatic rings. The van der Waals surface area contributed by atoms with Crippen LogP contribution in [-0.2, 0) is 19.1 Å². The molecule has 1 aromatic carbocycles. The number of likely N-dealkylation sites (tertiary alicyclic amines) is 1. The van der Waals surface area contributed by atoms with Crippen LogP contribution in [0.25, 0.3) is 0 Å². The first-order valence-corrected chi connectivity index (χ1v) is 13.3. The van der Waals surface area contributed by atoms with Crippen LogP contribution in [0.4, 0.5) is 5.69 Å². The van der Waals surface area contributed by atoms with Gasteiger partial charge in [0, 0.05) is 23.6 Å². The molecule has 2 bridgehead atoms. The molecule has 3 aliphatic heterocycles. The van der Waals surface area contributed by atoms with E-state index in [-0.39, 0.29) is 35.7 Å². The predicted molar refractivity (Wildman–Crippen MR) is 133 cm³/mol. The van der Waals surface area contributed by atoms with Gasteiger partial charge in [-0.05, 0) is 44.0 Å². The molecule has 3 saturated heterocycles. The lowest BCUT2D eigenvalue weighted by Gasteiger charge is -2.34. The fourth-order valence-electron chi connectivity index (χ4n) is 5.79. The monoisotopic (exact) mass is 551 g/mol. The quantitative estimate of drug-likeness (QED) is 0.286. The minimum Gasteiger partial charge on any atom is -0.494 e. The van der Waals surface area contributed by atoms with Gasteiger partial charge < -0.3 is 30.1 Å². The van der Waals surface area contributed by atoms with E-state index in [0.29, 0.717) is 31.0 Å². The number of hydrogen-bond donors (Lipinski definition) is 3. The Morgan fingerprint density at radius 1 is 1.23 bits per heavy atom. The maximum atomic E-state index is 13.6. The number of hydrogen-bond acceptors (Lipinski definition) is 6. The molecule has 192 valence electrons. The van der Waals surface area contributed by atoms with Crippen molar-refractivity contribution < 1.29 is 29.0 Å². The first kappa shape index (κ1) is 25.9. The van der Waals surface area contributed by atoms with Crippen LogP contribution in [0, 0.1) is 11.8 Å². The molecule has 0 saturated carbocycles. The summed E-state index contributed by atoms with van der Waals surface area (Å²) >= 11 is 3.64. The summed E-state index contributed by atoms with van der Waals surface area (Å²) in [6.07, 6.45) is 2.78. The second-order valence-electron chi connectivity index (χ2n) is 9.36. The molecular weight excluding hydrogens is 518 g/mol. The number of aliphatic hydroxyl groups is 1. The van der Waals surface area contributed by atoms with Crippen molar-refractivity contribution in [2.24, 2.45) is 11.8 Å². The van der Waals surface area contributed by atoms with Gasteiger partial charge in [0.1, 0.15) is 17.4 Å². The highest BCUT2D eigenvalue weighted by molar-refractivity contribution is 9.09. The van der Waals surface area contributed by atoms with Crippen molar-refractivity contribution in [3.05, 3.63) is 24.3 Å². The van der Waals surface area contributed by atoms with E-state index in [0.717, 1.165) is 19.3 Å². The molecule has 9 nitrogen and oxygen atoms in total. The van der Waals surface area contributed by atoms with Crippen molar-refractivity contribution in [2.45, 2.75) is 62.1 Å². The molecule has 35 heavy (non-hydrogen) atoms. The van der Waals surface area contributed by atoms with Gasteiger partial charge in [-0.25, -0.2) is 0 Å². The largest absolute Gasteiger partial charge is 0.494 e. The van der Waals surface area contributed by atoms with Crippen LogP contribution >= 0.6 is 15.9 Å². The number of unbranched alkanes of at least 4 members (excludes halogenated alkanes) is 2.